The van der Waals surface area contributed by atoms with Gasteiger partial charge in [-0.15, -0.1) is 0 Å². The minimum atomic E-state index is -0.462. The number of rotatable bonds is 7. The van der Waals surface area contributed by atoms with Crippen molar-refractivity contribution in [3.63, 3.8) is 0 Å². The van der Waals surface area contributed by atoms with Crippen molar-refractivity contribution in [1.82, 2.24) is 5.06 Å². The summed E-state index contributed by atoms with van der Waals surface area (Å²) >= 11 is 0. The zero-order chi connectivity index (χ0) is 16.8. The number of hydrogen-bond acceptors (Lipinski definition) is 7. The average Bonchev–Trinajstić information content (AvgIpc) is 3.02. The third-order valence-corrected chi connectivity index (χ3v) is 4.31. The fourth-order valence-electron chi connectivity index (χ4n) is 3.17. The molecule has 3 rings (SSSR count). The van der Waals surface area contributed by atoms with Crippen molar-refractivity contribution < 1.29 is 9.57 Å². The summed E-state index contributed by atoms with van der Waals surface area (Å²) in [7, 11) is 0. The number of aliphatic imine (C=N–C) groups is 2. The van der Waals surface area contributed by atoms with Crippen LogP contribution in [0.3, 0.4) is 0 Å². The molecule has 1 heterocycles. The van der Waals surface area contributed by atoms with E-state index >= 15 is 0 Å². The Morgan fingerprint density at radius 2 is 1.75 bits per heavy atom. The molecule has 1 fully saturated rings. The summed E-state index contributed by atoms with van der Waals surface area (Å²) in [4.78, 5) is 14.4. The maximum Gasteiger partial charge on any atom is 0.226 e. The fraction of sp³-hybridized carbons (Fsp3) is 0.529. The van der Waals surface area contributed by atoms with Gasteiger partial charge in [-0.2, -0.15) is 10.1 Å². The highest BCUT2D eigenvalue weighted by atomic mass is 16.7. The van der Waals surface area contributed by atoms with Crippen molar-refractivity contribution in [3.8, 4) is 5.75 Å². The molecule has 0 unspecified atom stereocenters. The van der Waals surface area contributed by atoms with Gasteiger partial charge in [-0.25, -0.2) is 4.99 Å². The maximum atomic E-state index is 6.01. The first-order valence-corrected chi connectivity index (χ1v) is 8.50. The summed E-state index contributed by atoms with van der Waals surface area (Å²) in [5.74, 6) is 1.43. The molecule has 1 spiro atoms. The number of hydroxylamine groups is 2. The molecule has 0 amide bonds. The van der Waals surface area contributed by atoms with Gasteiger partial charge in [-0.3, -0.25) is 4.84 Å². The minimum absolute atomic E-state index is 0.241. The average molecular weight is 331 g/mol. The van der Waals surface area contributed by atoms with Crippen LogP contribution in [0, 0.1) is 0 Å². The van der Waals surface area contributed by atoms with Gasteiger partial charge in [0.05, 0.1) is 13.2 Å². The van der Waals surface area contributed by atoms with Gasteiger partial charge in [0.1, 0.15) is 5.75 Å². The standard InChI is InChI=1S/C17H25N5O2/c18-15-20-16(19)22(17(21-15)10-4-5-11-17)24-13-7-6-12-23-14-8-2-1-3-9-14/h1-3,8-9H,4-7,10-13H2,(H4,18,19,20,21). The van der Waals surface area contributed by atoms with Gasteiger partial charge in [0, 0.05) is 0 Å². The van der Waals surface area contributed by atoms with E-state index in [0.717, 1.165) is 44.3 Å². The third-order valence-electron chi connectivity index (χ3n) is 4.31. The molecule has 1 saturated carbocycles. The summed E-state index contributed by atoms with van der Waals surface area (Å²) < 4.78 is 5.67. The Kier molecular flexibility index (Phi) is 5.20. The molecule has 1 aromatic rings. The van der Waals surface area contributed by atoms with Crippen LogP contribution in [-0.2, 0) is 4.84 Å². The van der Waals surface area contributed by atoms with Gasteiger partial charge in [-0.1, -0.05) is 18.2 Å². The van der Waals surface area contributed by atoms with Crippen molar-refractivity contribution in [3.05, 3.63) is 30.3 Å². The number of nitrogens with two attached hydrogens (primary N) is 2. The molecule has 24 heavy (non-hydrogen) atoms. The van der Waals surface area contributed by atoms with E-state index in [1.54, 1.807) is 5.06 Å². The molecular weight excluding hydrogens is 306 g/mol. The molecule has 1 aliphatic carbocycles. The lowest BCUT2D eigenvalue weighted by molar-refractivity contribution is -0.167. The molecule has 1 aliphatic heterocycles. The lowest BCUT2D eigenvalue weighted by atomic mass is 10.1. The molecule has 2 aliphatic rings. The van der Waals surface area contributed by atoms with Crippen LogP contribution >= 0.6 is 0 Å². The van der Waals surface area contributed by atoms with Gasteiger partial charge in [0.25, 0.3) is 0 Å². The zero-order valence-electron chi connectivity index (χ0n) is 13.9. The minimum Gasteiger partial charge on any atom is -0.494 e. The number of nitrogens with zero attached hydrogens (tertiary/aromatic N) is 3. The lowest BCUT2D eigenvalue weighted by Gasteiger charge is -2.39. The monoisotopic (exact) mass is 331 g/mol. The number of unbranched alkanes of at least 4 members (excludes halogenated alkanes) is 1. The molecule has 0 atom stereocenters. The molecular formula is C17H25N5O2. The van der Waals surface area contributed by atoms with Crippen LogP contribution in [0.15, 0.2) is 40.3 Å². The van der Waals surface area contributed by atoms with E-state index in [1.807, 2.05) is 30.3 Å². The Bertz CT molecular complexity index is 596. The van der Waals surface area contributed by atoms with Crippen molar-refractivity contribution in [1.29, 1.82) is 0 Å². The molecule has 0 bridgehead atoms. The summed E-state index contributed by atoms with van der Waals surface area (Å²) in [6, 6.07) is 9.80. The van der Waals surface area contributed by atoms with Gasteiger partial charge in [0.15, 0.2) is 5.66 Å². The number of hydrogen-bond donors (Lipinski definition) is 2. The van der Waals surface area contributed by atoms with Crippen LogP contribution in [0.25, 0.3) is 0 Å². The predicted octanol–water partition coefficient (Wildman–Crippen LogP) is 1.99. The van der Waals surface area contributed by atoms with Crippen LogP contribution in [0.4, 0.5) is 0 Å². The third kappa shape index (κ3) is 3.79. The van der Waals surface area contributed by atoms with Crippen LogP contribution in [0.5, 0.6) is 5.75 Å². The topological polar surface area (TPSA) is 98.5 Å². The second-order valence-electron chi connectivity index (χ2n) is 6.13. The molecule has 4 N–H and O–H groups in total. The Hall–Kier alpha value is -2.28. The molecule has 7 nitrogen and oxygen atoms in total. The van der Waals surface area contributed by atoms with E-state index in [0.29, 0.717) is 19.2 Å². The number of guanidine groups is 2. The smallest absolute Gasteiger partial charge is 0.226 e. The highest BCUT2D eigenvalue weighted by Crippen LogP contribution is 2.38. The highest BCUT2D eigenvalue weighted by Gasteiger charge is 2.44. The first-order valence-electron chi connectivity index (χ1n) is 8.50. The van der Waals surface area contributed by atoms with Gasteiger partial charge in [-0.05, 0) is 50.7 Å². The zero-order valence-corrected chi connectivity index (χ0v) is 13.9. The van der Waals surface area contributed by atoms with Crippen LogP contribution in [0.2, 0.25) is 0 Å². The molecule has 0 saturated heterocycles. The molecule has 0 aromatic heterocycles. The van der Waals surface area contributed by atoms with Crippen molar-refractivity contribution in [2.24, 2.45) is 21.5 Å². The summed E-state index contributed by atoms with van der Waals surface area (Å²) in [5, 5.41) is 1.66. The van der Waals surface area contributed by atoms with Crippen molar-refractivity contribution in [2.45, 2.75) is 44.2 Å². The van der Waals surface area contributed by atoms with E-state index in [-0.39, 0.29) is 5.96 Å². The van der Waals surface area contributed by atoms with Crippen molar-refractivity contribution >= 4 is 11.9 Å². The van der Waals surface area contributed by atoms with E-state index in [4.69, 9.17) is 21.0 Å². The molecule has 130 valence electrons. The summed E-state index contributed by atoms with van der Waals surface area (Å²) in [6.07, 6.45) is 5.73. The van der Waals surface area contributed by atoms with Crippen LogP contribution < -0.4 is 16.2 Å². The van der Waals surface area contributed by atoms with E-state index in [9.17, 15) is 0 Å². The molecule has 0 radical (unpaired) electrons. The van der Waals surface area contributed by atoms with E-state index in [1.165, 1.54) is 0 Å². The van der Waals surface area contributed by atoms with Crippen LogP contribution in [-0.4, -0.2) is 35.9 Å². The Morgan fingerprint density at radius 1 is 1.04 bits per heavy atom. The largest absolute Gasteiger partial charge is 0.494 e. The summed E-state index contributed by atoms with van der Waals surface area (Å²) in [5.41, 5.74) is 11.3. The first kappa shape index (κ1) is 16.6. The second-order valence-corrected chi connectivity index (χ2v) is 6.13. The number of para-hydroxylation sites is 1. The SMILES string of the molecule is NC1=NC2(CCCC2)N(OCCCCOc2ccccc2)C(N)=N1. The molecule has 7 heteroatoms. The fourth-order valence-corrected chi connectivity index (χ4v) is 3.17. The Balaban J connectivity index is 1.43. The Morgan fingerprint density at radius 3 is 2.50 bits per heavy atom. The summed E-state index contributed by atoms with van der Waals surface area (Å²) in [6.45, 7) is 1.21. The number of benzene rings is 1. The van der Waals surface area contributed by atoms with Gasteiger partial charge in [0.2, 0.25) is 11.9 Å². The van der Waals surface area contributed by atoms with E-state index in [2.05, 4.69) is 9.98 Å². The highest BCUT2D eigenvalue weighted by molar-refractivity contribution is 5.95. The number of ether oxygens (including phenoxy) is 1. The first-order chi connectivity index (χ1) is 11.7. The molecule has 1 aromatic carbocycles. The maximum absolute atomic E-state index is 6.01. The van der Waals surface area contributed by atoms with Gasteiger partial charge < -0.3 is 16.2 Å². The van der Waals surface area contributed by atoms with Crippen LogP contribution in [0.1, 0.15) is 38.5 Å². The normalized spacial score (nSPS) is 19.2. The Labute approximate surface area is 142 Å². The predicted molar refractivity (Wildman–Crippen MR) is 93.4 cm³/mol. The second kappa shape index (κ2) is 7.53. The van der Waals surface area contributed by atoms with Crippen molar-refractivity contribution in [2.75, 3.05) is 13.2 Å². The lowest BCUT2D eigenvalue weighted by Crippen LogP contribution is -2.55. The van der Waals surface area contributed by atoms with Gasteiger partial charge >= 0.3 is 0 Å². The quantitative estimate of drug-likeness (QED) is 0.745. The van der Waals surface area contributed by atoms with E-state index < -0.39 is 5.66 Å².